The van der Waals surface area contributed by atoms with Crippen molar-refractivity contribution in [2.45, 2.75) is 46.0 Å². The summed E-state index contributed by atoms with van der Waals surface area (Å²) in [7, 11) is 0. The number of hydrogen-bond acceptors (Lipinski definition) is 4. The Bertz CT molecular complexity index is 3230. The first-order chi connectivity index (χ1) is 29.8. The number of aryl methyl sites for hydroxylation is 2. The predicted molar refractivity (Wildman–Crippen MR) is 248 cm³/mol. The van der Waals surface area contributed by atoms with Gasteiger partial charge in [-0.15, -0.1) is 0 Å². The van der Waals surface area contributed by atoms with E-state index < -0.39 is 18.3 Å². The summed E-state index contributed by atoms with van der Waals surface area (Å²) in [6.07, 6.45) is -1.45. The smallest absolute Gasteiger partial charge is 0.171 e. The SMILES string of the molecule is Cc1cc(-c2ccccc2OC(C)C2Oc3c(cc(C)cc3-n3c4ccccc4c4ccccc43)-c3ccccc3OC2C)c(O)c(-n2c3ccccc3c3ccccc32)c1. The van der Waals surface area contributed by atoms with Crippen LogP contribution >= 0.6 is 0 Å². The number of ether oxygens (including phenoxy) is 3. The fourth-order valence-electron chi connectivity index (χ4n) is 9.57. The number of phenols is 1. The van der Waals surface area contributed by atoms with Gasteiger partial charge in [-0.1, -0.05) is 109 Å². The lowest BCUT2D eigenvalue weighted by Crippen LogP contribution is -2.45. The van der Waals surface area contributed by atoms with Gasteiger partial charge in [0.25, 0.3) is 0 Å². The first-order valence-electron chi connectivity index (χ1n) is 21.0. The van der Waals surface area contributed by atoms with Gasteiger partial charge in [0.15, 0.2) is 11.9 Å². The number of rotatable bonds is 6. The van der Waals surface area contributed by atoms with Crippen LogP contribution in [0.5, 0.6) is 23.0 Å². The Kier molecular flexibility index (Phi) is 8.64. The van der Waals surface area contributed by atoms with E-state index in [9.17, 15) is 5.11 Å². The lowest BCUT2D eigenvalue weighted by molar-refractivity contribution is -0.00806. The summed E-state index contributed by atoms with van der Waals surface area (Å²) < 4.78 is 25.7. The second-order valence-corrected chi connectivity index (χ2v) is 16.3. The molecule has 2 aromatic heterocycles. The summed E-state index contributed by atoms with van der Waals surface area (Å²) in [6, 6.07) is 58.5. The molecule has 1 N–H and O–H groups in total. The Labute approximate surface area is 354 Å². The molecule has 1 aliphatic heterocycles. The third-order valence-electron chi connectivity index (χ3n) is 12.2. The topological polar surface area (TPSA) is 57.8 Å². The van der Waals surface area contributed by atoms with Gasteiger partial charge in [-0.3, -0.25) is 0 Å². The molecule has 3 unspecified atom stereocenters. The zero-order chi connectivity index (χ0) is 41.4. The normalized spacial score (nSPS) is 15.5. The minimum absolute atomic E-state index is 0.177. The average Bonchev–Trinajstić information content (AvgIpc) is 3.79. The maximum absolute atomic E-state index is 12.3. The van der Waals surface area contributed by atoms with E-state index in [1.165, 1.54) is 10.8 Å². The zero-order valence-electron chi connectivity index (χ0n) is 34.5. The van der Waals surface area contributed by atoms with Gasteiger partial charge in [0.05, 0.1) is 33.4 Å². The quantitative estimate of drug-likeness (QED) is 0.182. The summed E-state index contributed by atoms with van der Waals surface area (Å²) in [4.78, 5) is 0. The number of phenolic OH excluding ortho intramolecular Hbond substituents is 1. The highest BCUT2D eigenvalue weighted by Crippen LogP contribution is 2.47. The number of fused-ring (bicyclic) bond motifs is 9. The molecule has 10 aromatic rings. The summed E-state index contributed by atoms with van der Waals surface area (Å²) in [5.74, 6) is 2.37. The van der Waals surface area contributed by atoms with Crippen LogP contribution in [0, 0.1) is 13.8 Å². The van der Waals surface area contributed by atoms with Crippen LogP contribution < -0.4 is 14.2 Å². The molecular formula is C55H44N2O4. The van der Waals surface area contributed by atoms with E-state index in [1.54, 1.807) is 0 Å². The summed E-state index contributed by atoms with van der Waals surface area (Å²) >= 11 is 0. The molecule has 0 spiro atoms. The lowest BCUT2D eigenvalue weighted by Gasteiger charge is -2.35. The molecule has 0 saturated heterocycles. The number of para-hydroxylation sites is 6. The Balaban J connectivity index is 1.03. The fourth-order valence-corrected chi connectivity index (χ4v) is 9.57. The van der Waals surface area contributed by atoms with Crippen LogP contribution in [0.1, 0.15) is 25.0 Å². The van der Waals surface area contributed by atoms with Crippen molar-refractivity contribution in [2.24, 2.45) is 0 Å². The van der Waals surface area contributed by atoms with Crippen molar-refractivity contribution in [3.05, 3.63) is 181 Å². The van der Waals surface area contributed by atoms with Crippen LogP contribution in [-0.2, 0) is 0 Å². The van der Waals surface area contributed by atoms with E-state index in [0.29, 0.717) is 17.0 Å². The highest BCUT2D eigenvalue weighted by atomic mass is 16.6. The minimum atomic E-state index is -0.547. The Morgan fingerprint density at radius 1 is 0.508 bits per heavy atom. The van der Waals surface area contributed by atoms with Crippen molar-refractivity contribution in [3.63, 3.8) is 0 Å². The molecule has 3 heterocycles. The van der Waals surface area contributed by atoms with Crippen molar-refractivity contribution in [2.75, 3.05) is 0 Å². The molecule has 0 bridgehead atoms. The van der Waals surface area contributed by atoms with Crippen LogP contribution in [0.2, 0.25) is 0 Å². The lowest BCUT2D eigenvalue weighted by atomic mass is 9.98. The van der Waals surface area contributed by atoms with Crippen LogP contribution in [0.3, 0.4) is 0 Å². The first-order valence-corrected chi connectivity index (χ1v) is 21.0. The van der Waals surface area contributed by atoms with Crippen molar-refractivity contribution in [1.29, 1.82) is 0 Å². The van der Waals surface area contributed by atoms with Crippen molar-refractivity contribution in [3.8, 4) is 56.6 Å². The van der Waals surface area contributed by atoms with E-state index in [-0.39, 0.29) is 5.75 Å². The molecule has 11 rings (SSSR count). The Morgan fingerprint density at radius 3 is 1.56 bits per heavy atom. The standard InChI is InChI=1S/C55H44N2O4/c1-33-29-43(53(58)49(31-33)56-45-23-11-5-17-37(45)38-18-6-12-24-46(38)56)41-21-9-15-27-51(41)59-35(3)54-36(4)60-52-28-16-10-22-42(52)44-30-34(2)32-50(55(44)61-54)57-47-25-13-7-19-39(47)40-20-8-14-26-48(40)57/h5-32,35-36,54,58H,1-4H3. The van der Waals surface area contributed by atoms with Gasteiger partial charge in [0, 0.05) is 43.8 Å². The molecule has 1 aliphatic rings. The molecule has 6 heteroatoms. The largest absolute Gasteiger partial charge is 0.505 e. The monoisotopic (exact) mass is 796 g/mol. The molecule has 0 saturated carbocycles. The maximum Gasteiger partial charge on any atom is 0.171 e. The van der Waals surface area contributed by atoms with Gasteiger partial charge in [-0.25, -0.2) is 0 Å². The van der Waals surface area contributed by atoms with E-state index >= 15 is 0 Å². The van der Waals surface area contributed by atoms with E-state index in [0.717, 1.165) is 77.8 Å². The third-order valence-corrected chi connectivity index (χ3v) is 12.2. The number of aromatic nitrogens is 2. The van der Waals surface area contributed by atoms with Gasteiger partial charge in [-0.2, -0.15) is 0 Å². The summed E-state index contributed by atoms with van der Waals surface area (Å²) in [5, 5.41) is 17.0. The van der Waals surface area contributed by atoms with Crippen LogP contribution in [0.4, 0.5) is 0 Å². The second kappa shape index (κ2) is 14.4. The van der Waals surface area contributed by atoms with Crippen LogP contribution in [-0.4, -0.2) is 32.6 Å². The van der Waals surface area contributed by atoms with Gasteiger partial charge < -0.3 is 28.5 Å². The maximum atomic E-state index is 12.3. The summed E-state index contributed by atoms with van der Waals surface area (Å²) in [6.45, 7) is 8.30. The van der Waals surface area contributed by atoms with Crippen molar-refractivity contribution in [1.82, 2.24) is 9.13 Å². The molecule has 6 nitrogen and oxygen atoms in total. The molecule has 3 atom stereocenters. The number of nitrogens with zero attached hydrogens (tertiary/aromatic N) is 2. The number of aromatic hydroxyl groups is 1. The van der Waals surface area contributed by atoms with E-state index in [2.05, 4.69) is 139 Å². The van der Waals surface area contributed by atoms with Crippen molar-refractivity contribution < 1.29 is 19.3 Å². The molecule has 0 fully saturated rings. The number of hydrogen-bond donors (Lipinski definition) is 1. The molecule has 0 amide bonds. The highest BCUT2D eigenvalue weighted by molar-refractivity contribution is 6.10. The molecule has 298 valence electrons. The number of benzene rings is 8. The summed E-state index contributed by atoms with van der Waals surface area (Å²) in [5.41, 5.74) is 11.5. The van der Waals surface area contributed by atoms with Crippen LogP contribution in [0.25, 0.3) is 77.2 Å². The van der Waals surface area contributed by atoms with Gasteiger partial charge in [0.2, 0.25) is 0 Å². The Hall–Kier alpha value is -7.44. The van der Waals surface area contributed by atoms with Crippen LogP contribution in [0.15, 0.2) is 170 Å². The first kappa shape index (κ1) is 36.6. The second-order valence-electron chi connectivity index (χ2n) is 16.3. The van der Waals surface area contributed by atoms with Gasteiger partial charge >= 0.3 is 0 Å². The van der Waals surface area contributed by atoms with Gasteiger partial charge in [-0.05, 0) is 99.5 Å². The molecule has 61 heavy (non-hydrogen) atoms. The average molecular weight is 797 g/mol. The minimum Gasteiger partial charge on any atom is -0.505 e. The highest BCUT2D eigenvalue weighted by Gasteiger charge is 2.35. The van der Waals surface area contributed by atoms with E-state index in [1.807, 2.05) is 67.6 Å². The predicted octanol–water partition coefficient (Wildman–Crippen LogP) is 13.5. The van der Waals surface area contributed by atoms with E-state index in [4.69, 9.17) is 14.2 Å². The zero-order valence-corrected chi connectivity index (χ0v) is 34.5. The van der Waals surface area contributed by atoms with Crippen molar-refractivity contribution >= 4 is 43.6 Å². The fraction of sp³-hybridized carbons (Fsp3) is 0.127. The molecule has 0 radical (unpaired) electrons. The third kappa shape index (κ3) is 5.93. The van der Waals surface area contributed by atoms with Gasteiger partial charge in [0.1, 0.15) is 29.5 Å². The molecule has 8 aromatic carbocycles. The molecule has 0 aliphatic carbocycles. The Morgan fingerprint density at radius 2 is 0.967 bits per heavy atom. The molecular weight excluding hydrogens is 753 g/mol.